The van der Waals surface area contributed by atoms with Crippen LogP contribution in [0.5, 0.6) is 0 Å². The van der Waals surface area contributed by atoms with Gasteiger partial charge in [-0.25, -0.2) is 0 Å². The number of anilines is 3. The second-order valence-corrected chi connectivity index (χ2v) is 15.6. The summed E-state index contributed by atoms with van der Waals surface area (Å²) in [4.78, 5) is 2.50. The highest BCUT2D eigenvalue weighted by molar-refractivity contribution is 6.05. The summed E-state index contributed by atoms with van der Waals surface area (Å²) in [5.41, 5.74) is 19.4. The molecule has 0 heterocycles. The fourth-order valence-electron chi connectivity index (χ4n) is 9.31. The van der Waals surface area contributed by atoms with Crippen molar-refractivity contribution in [3.8, 4) is 44.5 Å². The molecule has 2 aliphatic carbocycles. The van der Waals surface area contributed by atoms with E-state index in [-0.39, 0.29) is 5.41 Å². The molecule has 1 heteroatoms. The minimum absolute atomic E-state index is 0.108. The standard InChI is InChI=1S/C53H43N/c1-53(2)49-22-11-10-20-47(49)48-33-32-43(35-50(48)53)54(42-30-27-40(28-31-42)45-21-12-17-38-15-6-8-18-44(38)45)51-34-29-39-16-7-9-19-46(39)52(51)41-25-23-37(24-26-41)36-13-4-3-5-14-36/h3-5,7,9-14,16-17,19-35H,6,8,15,18H2,1-2H3. The number of nitrogens with zero attached hydrogens (tertiary/aromatic N) is 1. The van der Waals surface area contributed by atoms with E-state index in [1.807, 2.05) is 0 Å². The minimum Gasteiger partial charge on any atom is -0.310 e. The van der Waals surface area contributed by atoms with Gasteiger partial charge in [0.15, 0.2) is 0 Å². The zero-order valence-corrected chi connectivity index (χ0v) is 31.0. The zero-order chi connectivity index (χ0) is 36.2. The van der Waals surface area contributed by atoms with Crippen LogP contribution in [0.15, 0.2) is 176 Å². The molecule has 0 unspecified atom stereocenters. The molecule has 0 N–H and O–H groups in total. The van der Waals surface area contributed by atoms with Crippen LogP contribution in [0, 0.1) is 0 Å². The largest absolute Gasteiger partial charge is 0.310 e. The van der Waals surface area contributed by atoms with Crippen LogP contribution in [0.3, 0.4) is 0 Å². The van der Waals surface area contributed by atoms with Crippen molar-refractivity contribution in [2.24, 2.45) is 0 Å². The highest BCUT2D eigenvalue weighted by atomic mass is 15.1. The molecule has 1 nitrogen and oxygen atoms in total. The molecule has 0 amide bonds. The molecule has 0 saturated carbocycles. The van der Waals surface area contributed by atoms with Gasteiger partial charge < -0.3 is 4.90 Å². The number of fused-ring (bicyclic) bond motifs is 5. The maximum Gasteiger partial charge on any atom is 0.0546 e. The van der Waals surface area contributed by atoms with E-state index < -0.39 is 0 Å². The summed E-state index contributed by atoms with van der Waals surface area (Å²) in [7, 11) is 0. The molecule has 0 aromatic heterocycles. The van der Waals surface area contributed by atoms with E-state index in [9.17, 15) is 0 Å². The Morgan fingerprint density at radius 3 is 1.94 bits per heavy atom. The Bertz CT molecular complexity index is 2660. The Kier molecular flexibility index (Phi) is 7.84. The lowest BCUT2D eigenvalue weighted by molar-refractivity contribution is 0.660. The van der Waals surface area contributed by atoms with Gasteiger partial charge in [-0.15, -0.1) is 0 Å². The molecule has 8 aromatic rings. The molecule has 0 bridgehead atoms. The number of benzene rings is 8. The summed E-state index contributed by atoms with van der Waals surface area (Å²) >= 11 is 0. The van der Waals surface area contributed by atoms with E-state index in [1.165, 1.54) is 102 Å². The molecular formula is C53H43N. The molecule has 8 aromatic carbocycles. The smallest absolute Gasteiger partial charge is 0.0546 e. The van der Waals surface area contributed by atoms with E-state index in [0.717, 1.165) is 17.8 Å². The average Bonchev–Trinajstić information content (AvgIpc) is 3.46. The molecule has 0 atom stereocenters. The van der Waals surface area contributed by atoms with Crippen molar-refractivity contribution in [2.45, 2.75) is 44.9 Å². The Labute approximate surface area is 319 Å². The first-order valence-corrected chi connectivity index (χ1v) is 19.5. The summed E-state index contributed by atoms with van der Waals surface area (Å²) < 4.78 is 0. The first-order chi connectivity index (χ1) is 26.5. The molecule has 2 aliphatic rings. The quantitative estimate of drug-likeness (QED) is 0.168. The average molecular weight is 694 g/mol. The number of hydrogen-bond acceptors (Lipinski definition) is 1. The van der Waals surface area contributed by atoms with Crippen molar-refractivity contribution < 1.29 is 0 Å². The third-order valence-electron chi connectivity index (χ3n) is 12.1. The van der Waals surface area contributed by atoms with E-state index >= 15 is 0 Å². The van der Waals surface area contributed by atoms with Gasteiger partial charge in [-0.05, 0) is 128 Å². The molecule has 0 saturated heterocycles. The van der Waals surface area contributed by atoms with Crippen LogP contribution in [0.2, 0.25) is 0 Å². The molecule has 54 heavy (non-hydrogen) atoms. The lowest BCUT2D eigenvalue weighted by atomic mass is 9.82. The van der Waals surface area contributed by atoms with Gasteiger partial charge in [-0.1, -0.05) is 159 Å². The Balaban J connectivity index is 1.17. The van der Waals surface area contributed by atoms with Crippen molar-refractivity contribution >= 4 is 27.8 Å². The number of aryl methyl sites for hydroxylation is 1. The van der Waals surface area contributed by atoms with E-state index in [2.05, 4.69) is 195 Å². The summed E-state index contributed by atoms with van der Waals surface area (Å²) in [6.45, 7) is 4.74. The van der Waals surface area contributed by atoms with Crippen LogP contribution in [-0.4, -0.2) is 0 Å². The van der Waals surface area contributed by atoms with Crippen molar-refractivity contribution in [3.05, 3.63) is 198 Å². The van der Waals surface area contributed by atoms with Crippen LogP contribution in [0.25, 0.3) is 55.3 Å². The maximum absolute atomic E-state index is 2.50. The topological polar surface area (TPSA) is 3.24 Å². The van der Waals surface area contributed by atoms with Gasteiger partial charge in [-0.2, -0.15) is 0 Å². The summed E-state index contributed by atoms with van der Waals surface area (Å²) in [6.07, 6.45) is 4.91. The molecule has 10 rings (SSSR count). The molecular weight excluding hydrogens is 651 g/mol. The van der Waals surface area contributed by atoms with Crippen LogP contribution in [0.4, 0.5) is 17.1 Å². The lowest BCUT2D eigenvalue weighted by Crippen LogP contribution is -2.17. The first-order valence-electron chi connectivity index (χ1n) is 19.5. The SMILES string of the molecule is CC1(C)c2ccccc2-c2ccc(N(c3ccc(-c4cccc5c4CCCC5)cc3)c3ccc4ccccc4c3-c3ccc(-c4ccccc4)cc3)cc21. The fourth-order valence-corrected chi connectivity index (χ4v) is 9.31. The molecule has 0 radical (unpaired) electrons. The van der Waals surface area contributed by atoms with E-state index in [0.29, 0.717) is 0 Å². The van der Waals surface area contributed by atoms with Crippen LogP contribution < -0.4 is 4.90 Å². The van der Waals surface area contributed by atoms with Gasteiger partial charge in [0.25, 0.3) is 0 Å². The van der Waals surface area contributed by atoms with Crippen LogP contribution in [0.1, 0.15) is 48.9 Å². The van der Waals surface area contributed by atoms with E-state index in [4.69, 9.17) is 0 Å². The Morgan fingerprint density at radius 2 is 1.09 bits per heavy atom. The van der Waals surface area contributed by atoms with Gasteiger partial charge in [-0.3, -0.25) is 0 Å². The van der Waals surface area contributed by atoms with Crippen molar-refractivity contribution in [1.82, 2.24) is 0 Å². The third kappa shape index (κ3) is 5.38. The Morgan fingerprint density at radius 1 is 0.444 bits per heavy atom. The number of hydrogen-bond donors (Lipinski definition) is 0. The highest BCUT2D eigenvalue weighted by Gasteiger charge is 2.36. The predicted molar refractivity (Wildman–Crippen MR) is 229 cm³/mol. The molecule has 0 spiro atoms. The minimum atomic E-state index is -0.108. The van der Waals surface area contributed by atoms with Gasteiger partial charge in [0.2, 0.25) is 0 Å². The summed E-state index contributed by atoms with van der Waals surface area (Å²) in [5.74, 6) is 0. The van der Waals surface area contributed by atoms with Gasteiger partial charge in [0, 0.05) is 22.4 Å². The van der Waals surface area contributed by atoms with Gasteiger partial charge in [0.05, 0.1) is 5.69 Å². The molecule has 260 valence electrons. The maximum atomic E-state index is 2.50. The third-order valence-corrected chi connectivity index (χ3v) is 12.1. The second-order valence-electron chi connectivity index (χ2n) is 15.6. The van der Waals surface area contributed by atoms with Gasteiger partial charge in [0.1, 0.15) is 0 Å². The zero-order valence-electron chi connectivity index (χ0n) is 31.0. The van der Waals surface area contributed by atoms with Gasteiger partial charge >= 0.3 is 0 Å². The van der Waals surface area contributed by atoms with E-state index in [1.54, 1.807) is 0 Å². The molecule has 0 fully saturated rings. The van der Waals surface area contributed by atoms with Crippen LogP contribution >= 0.6 is 0 Å². The summed E-state index contributed by atoms with van der Waals surface area (Å²) in [6, 6.07) is 65.5. The first kappa shape index (κ1) is 32.5. The predicted octanol–water partition coefficient (Wildman–Crippen LogP) is 14.5. The second kappa shape index (κ2) is 13.0. The van der Waals surface area contributed by atoms with Crippen molar-refractivity contribution in [3.63, 3.8) is 0 Å². The van der Waals surface area contributed by atoms with Crippen molar-refractivity contribution in [1.29, 1.82) is 0 Å². The molecule has 0 aliphatic heterocycles. The highest BCUT2D eigenvalue weighted by Crippen LogP contribution is 2.52. The monoisotopic (exact) mass is 693 g/mol. The lowest BCUT2D eigenvalue weighted by Gasteiger charge is -2.30. The van der Waals surface area contributed by atoms with Crippen LogP contribution in [-0.2, 0) is 18.3 Å². The number of rotatable bonds is 6. The Hall–Kier alpha value is -6.18. The fraction of sp³-hybridized carbons (Fsp3) is 0.132. The summed E-state index contributed by atoms with van der Waals surface area (Å²) in [5, 5.41) is 2.48. The normalized spacial score (nSPS) is 14.0. The van der Waals surface area contributed by atoms with Crippen molar-refractivity contribution in [2.75, 3.05) is 4.90 Å².